The van der Waals surface area contributed by atoms with Gasteiger partial charge in [-0.05, 0) is 32.9 Å². The molecule has 23 heavy (non-hydrogen) atoms. The van der Waals surface area contributed by atoms with E-state index in [1.165, 1.54) is 7.11 Å². The summed E-state index contributed by atoms with van der Waals surface area (Å²) in [6, 6.07) is 0.412. The number of aliphatic imine (C=N–C) groups is 1. The fourth-order valence-corrected chi connectivity index (χ4v) is 3.20. The Morgan fingerprint density at radius 2 is 2.00 bits per heavy atom. The first-order valence-corrected chi connectivity index (χ1v) is 8.83. The Morgan fingerprint density at radius 3 is 2.52 bits per heavy atom. The van der Waals surface area contributed by atoms with Gasteiger partial charge in [-0.15, -0.1) is 0 Å². The van der Waals surface area contributed by atoms with Crippen molar-refractivity contribution in [2.75, 3.05) is 46.4 Å². The van der Waals surface area contributed by atoms with Gasteiger partial charge in [0.25, 0.3) is 0 Å². The number of rotatable bonds is 7. The van der Waals surface area contributed by atoms with Crippen molar-refractivity contribution < 1.29 is 9.53 Å². The third kappa shape index (κ3) is 5.37. The third-order valence-corrected chi connectivity index (χ3v) is 4.69. The van der Waals surface area contributed by atoms with Gasteiger partial charge in [-0.1, -0.05) is 20.8 Å². The molecular formula is C17H34N4O2. The van der Waals surface area contributed by atoms with Crippen LogP contribution in [0.15, 0.2) is 4.99 Å². The van der Waals surface area contributed by atoms with E-state index >= 15 is 0 Å². The summed E-state index contributed by atoms with van der Waals surface area (Å²) in [6.45, 7) is 15.9. The van der Waals surface area contributed by atoms with Gasteiger partial charge in [-0.3, -0.25) is 14.7 Å². The number of carbonyl (C=O) groups is 1. The number of ether oxygens (including phenoxy) is 1. The zero-order chi connectivity index (χ0) is 17.4. The molecule has 0 radical (unpaired) electrons. The van der Waals surface area contributed by atoms with Crippen LogP contribution < -0.4 is 5.32 Å². The molecule has 1 aliphatic heterocycles. The maximum absolute atomic E-state index is 11.9. The minimum atomic E-state index is -0.118. The summed E-state index contributed by atoms with van der Waals surface area (Å²) in [5, 5.41) is 3.36. The lowest BCUT2D eigenvalue weighted by Gasteiger charge is -2.26. The summed E-state index contributed by atoms with van der Waals surface area (Å²) in [5.41, 5.74) is 0. The Morgan fingerprint density at radius 1 is 1.35 bits per heavy atom. The molecule has 0 aromatic rings. The zero-order valence-corrected chi connectivity index (χ0v) is 15.6. The molecule has 0 aromatic carbocycles. The van der Waals surface area contributed by atoms with E-state index in [4.69, 9.17) is 9.73 Å². The highest BCUT2D eigenvalue weighted by Crippen LogP contribution is 2.24. The maximum atomic E-state index is 11.9. The minimum Gasteiger partial charge on any atom is -0.469 e. The predicted octanol–water partition coefficient (Wildman–Crippen LogP) is 1.42. The Bertz CT molecular complexity index is 396. The normalized spacial score (nSPS) is 23.3. The number of esters is 1. The van der Waals surface area contributed by atoms with Gasteiger partial charge in [-0.2, -0.15) is 0 Å². The molecule has 1 rings (SSSR count). The molecule has 6 nitrogen and oxygen atoms in total. The van der Waals surface area contributed by atoms with Gasteiger partial charge in [0.15, 0.2) is 5.96 Å². The fraction of sp³-hybridized carbons (Fsp3) is 0.882. The van der Waals surface area contributed by atoms with Crippen molar-refractivity contribution in [3.05, 3.63) is 0 Å². The molecule has 1 heterocycles. The number of hydrogen-bond acceptors (Lipinski definition) is 4. The molecule has 1 aliphatic rings. The molecule has 0 aliphatic carbocycles. The molecule has 1 fully saturated rings. The summed E-state index contributed by atoms with van der Waals surface area (Å²) in [7, 11) is 1.46. The molecule has 0 amide bonds. The fourth-order valence-electron chi connectivity index (χ4n) is 3.20. The van der Waals surface area contributed by atoms with Crippen molar-refractivity contribution in [2.24, 2.45) is 16.8 Å². The van der Waals surface area contributed by atoms with E-state index in [9.17, 15) is 4.79 Å². The highest BCUT2D eigenvalue weighted by atomic mass is 16.5. The highest BCUT2D eigenvalue weighted by Gasteiger charge is 2.36. The largest absolute Gasteiger partial charge is 0.469 e. The van der Waals surface area contributed by atoms with Gasteiger partial charge >= 0.3 is 5.97 Å². The van der Waals surface area contributed by atoms with Crippen LogP contribution in [0.4, 0.5) is 0 Å². The van der Waals surface area contributed by atoms with Crippen LogP contribution >= 0.6 is 0 Å². The van der Waals surface area contributed by atoms with E-state index in [0.29, 0.717) is 12.6 Å². The molecule has 1 saturated heterocycles. The van der Waals surface area contributed by atoms with Crippen molar-refractivity contribution in [3.63, 3.8) is 0 Å². The van der Waals surface area contributed by atoms with Crippen LogP contribution in [0.2, 0.25) is 0 Å². The van der Waals surface area contributed by atoms with Crippen LogP contribution in [-0.4, -0.2) is 74.1 Å². The number of nitrogens with zero attached hydrogens (tertiary/aromatic N) is 3. The average molecular weight is 326 g/mol. The first-order chi connectivity index (χ1) is 11.0. The first-order valence-electron chi connectivity index (χ1n) is 8.83. The van der Waals surface area contributed by atoms with Crippen LogP contribution in [0.3, 0.4) is 0 Å². The summed E-state index contributed by atoms with van der Waals surface area (Å²) in [6.07, 6.45) is 0. The standard InChI is InChI=1S/C17H34N4O2/c1-7-18-17(19-10-14(5)20(8-2)9-3)21-11-13(4)15(12-21)16(22)23-6/h13-15H,7-12H2,1-6H3,(H,18,19). The number of likely N-dealkylation sites (tertiary alicyclic amines) is 1. The molecule has 0 saturated carbocycles. The minimum absolute atomic E-state index is 0.0657. The number of nitrogens with one attached hydrogen (secondary N) is 1. The molecule has 3 unspecified atom stereocenters. The van der Waals surface area contributed by atoms with E-state index in [0.717, 1.165) is 38.7 Å². The summed E-state index contributed by atoms with van der Waals surface area (Å²) < 4.78 is 4.92. The Balaban J connectivity index is 2.74. The Kier molecular flexibility index (Phi) is 8.37. The van der Waals surface area contributed by atoms with E-state index in [1.807, 2.05) is 0 Å². The first kappa shape index (κ1) is 19.7. The summed E-state index contributed by atoms with van der Waals surface area (Å²) in [5.74, 6) is 1.01. The van der Waals surface area contributed by atoms with Crippen molar-refractivity contribution >= 4 is 11.9 Å². The second-order valence-electron chi connectivity index (χ2n) is 6.28. The van der Waals surface area contributed by atoms with E-state index in [1.54, 1.807) is 0 Å². The third-order valence-electron chi connectivity index (χ3n) is 4.69. The number of carbonyl (C=O) groups excluding carboxylic acids is 1. The highest BCUT2D eigenvalue weighted by molar-refractivity contribution is 5.82. The monoisotopic (exact) mass is 326 g/mol. The van der Waals surface area contributed by atoms with Gasteiger partial charge in [-0.25, -0.2) is 0 Å². The number of guanidine groups is 1. The second-order valence-corrected chi connectivity index (χ2v) is 6.28. The summed E-state index contributed by atoms with van der Waals surface area (Å²) >= 11 is 0. The van der Waals surface area contributed by atoms with Gasteiger partial charge < -0.3 is 15.0 Å². The lowest BCUT2D eigenvalue weighted by molar-refractivity contribution is -0.145. The number of hydrogen-bond donors (Lipinski definition) is 1. The molecule has 6 heteroatoms. The molecular weight excluding hydrogens is 292 g/mol. The van der Waals surface area contributed by atoms with E-state index in [2.05, 4.69) is 49.7 Å². The quantitative estimate of drug-likeness (QED) is 0.436. The van der Waals surface area contributed by atoms with Gasteiger partial charge in [0.1, 0.15) is 0 Å². The van der Waals surface area contributed by atoms with E-state index < -0.39 is 0 Å². The van der Waals surface area contributed by atoms with Crippen molar-refractivity contribution in [3.8, 4) is 0 Å². The SMILES string of the molecule is CCNC(=NCC(C)N(CC)CC)N1CC(C)C(C(=O)OC)C1. The lowest BCUT2D eigenvalue weighted by atomic mass is 9.99. The molecule has 1 N–H and O–H groups in total. The summed E-state index contributed by atoms with van der Waals surface area (Å²) in [4.78, 5) is 21.3. The molecule has 0 aromatic heterocycles. The molecule has 134 valence electrons. The van der Waals surface area contributed by atoms with Crippen LogP contribution in [0, 0.1) is 11.8 Å². The van der Waals surface area contributed by atoms with Gasteiger partial charge in [0.05, 0.1) is 19.6 Å². The number of likely N-dealkylation sites (N-methyl/N-ethyl adjacent to an activating group) is 1. The zero-order valence-electron chi connectivity index (χ0n) is 15.6. The van der Waals surface area contributed by atoms with Crippen molar-refractivity contribution in [2.45, 2.75) is 40.7 Å². The van der Waals surface area contributed by atoms with Crippen LogP contribution in [0.5, 0.6) is 0 Å². The van der Waals surface area contributed by atoms with Crippen molar-refractivity contribution in [1.82, 2.24) is 15.1 Å². The Labute approximate surface area is 141 Å². The maximum Gasteiger partial charge on any atom is 0.310 e. The molecule has 0 spiro atoms. The van der Waals surface area contributed by atoms with Crippen LogP contribution in [0.25, 0.3) is 0 Å². The van der Waals surface area contributed by atoms with E-state index in [-0.39, 0.29) is 17.8 Å². The topological polar surface area (TPSA) is 57.2 Å². The van der Waals surface area contributed by atoms with Gasteiger partial charge in [0.2, 0.25) is 0 Å². The predicted molar refractivity (Wildman–Crippen MR) is 94.6 cm³/mol. The van der Waals surface area contributed by atoms with Crippen LogP contribution in [0.1, 0.15) is 34.6 Å². The second kappa shape index (κ2) is 9.75. The Hall–Kier alpha value is -1.30. The smallest absolute Gasteiger partial charge is 0.310 e. The molecule has 3 atom stereocenters. The number of methoxy groups -OCH3 is 1. The lowest BCUT2D eigenvalue weighted by Crippen LogP contribution is -2.42. The average Bonchev–Trinajstić information content (AvgIpc) is 2.93. The van der Waals surface area contributed by atoms with Gasteiger partial charge in [0, 0.05) is 25.7 Å². The van der Waals surface area contributed by atoms with Crippen LogP contribution in [-0.2, 0) is 9.53 Å². The molecule has 0 bridgehead atoms. The van der Waals surface area contributed by atoms with Crippen molar-refractivity contribution in [1.29, 1.82) is 0 Å².